The third kappa shape index (κ3) is 2.91. The fourth-order valence-electron chi connectivity index (χ4n) is 1.06. The third-order valence-electron chi connectivity index (χ3n) is 1.60. The van der Waals surface area contributed by atoms with E-state index in [9.17, 15) is 8.42 Å². The second-order valence-corrected chi connectivity index (χ2v) is 6.00. The minimum Gasteiger partial charge on any atom is -0.390 e. The molecule has 0 bridgehead atoms. The van der Waals surface area contributed by atoms with Crippen LogP contribution in [0, 0.1) is 0 Å². The second kappa shape index (κ2) is 3.20. The Hall–Kier alpha value is -0.170. The van der Waals surface area contributed by atoms with Crippen molar-refractivity contribution >= 4 is 10.2 Å². The van der Waals surface area contributed by atoms with Crippen LogP contribution in [0.15, 0.2) is 0 Å². The average molecular weight is 208 g/mol. The molecule has 0 amide bonds. The number of rotatable bonds is 2. The van der Waals surface area contributed by atoms with Gasteiger partial charge in [-0.15, -0.1) is 0 Å². The molecule has 2 N–H and O–H groups in total. The van der Waals surface area contributed by atoms with Crippen LogP contribution in [0.1, 0.15) is 20.8 Å². The van der Waals surface area contributed by atoms with Crippen LogP contribution in [0.5, 0.6) is 0 Å². The van der Waals surface area contributed by atoms with Crippen LogP contribution in [0.25, 0.3) is 0 Å². The molecule has 1 saturated heterocycles. The van der Waals surface area contributed by atoms with Crippen LogP contribution >= 0.6 is 0 Å². The van der Waals surface area contributed by atoms with E-state index in [1.165, 1.54) is 4.31 Å². The molecule has 1 fully saturated rings. The minimum atomic E-state index is -3.39. The van der Waals surface area contributed by atoms with Crippen molar-refractivity contribution in [2.45, 2.75) is 32.4 Å². The monoisotopic (exact) mass is 208 g/mol. The first-order chi connectivity index (χ1) is 5.71. The number of hydrogen-bond acceptors (Lipinski definition) is 3. The standard InChI is InChI=1S/C7H16N2O3S/c1-7(2,3)8-13(11,12)9-4-6(10)5-9/h6,8,10H,4-5H2,1-3H3. The Labute approximate surface area is 78.9 Å². The lowest BCUT2D eigenvalue weighted by atomic mass is 10.1. The summed E-state index contributed by atoms with van der Waals surface area (Å²) in [6.45, 7) is 5.74. The van der Waals surface area contributed by atoms with Crippen molar-refractivity contribution < 1.29 is 13.5 Å². The highest BCUT2D eigenvalue weighted by molar-refractivity contribution is 7.87. The molecular weight excluding hydrogens is 192 g/mol. The zero-order chi connectivity index (χ0) is 10.3. The number of nitrogens with one attached hydrogen (secondary N) is 1. The Bertz CT molecular complexity index is 275. The summed E-state index contributed by atoms with van der Waals surface area (Å²) < 4.78 is 26.7. The Morgan fingerprint density at radius 1 is 1.38 bits per heavy atom. The molecule has 6 heteroatoms. The van der Waals surface area contributed by atoms with E-state index in [0.29, 0.717) is 0 Å². The highest BCUT2D eigenvalue weighted by Crippen LogP contribution is 2.14. The van der Waals surface area contributed by atoms with Crippen molar-refractivity contribution in [3.05, 3.63) is 0 Å². The van der Waals surface area contributed by atoms with E-state index in [1.807, 2.05) is 0 Å². The fourth-order valence-corrected chi connectivity index (χ4v) is 2.70. The molecule has 1 aliphatic heterocycles. The van der Waals surface area contributed by atoms with Gasteiger partial charge in [0, 0.05) is 18.6 Å². The van der Waals surface area contributed by atoms with Crippen molar-refractivity contribution in [1.29, 1.82) is 0 Å². The normalized spacial score (nSPS) is 21.5. The smallest absolute Gasteiger partial charge is 0.280 e. The molecular formula is C7H16N2O3S. The van der Waals surface area contributed by atoms with E-state index in [1.54, 1.807) is 20.8 Å². The first kappa shape index (κ1) is 10.9. The average Bonchev–Trinajstić information content (AvgIpc) is 1.74. The second-order valence-electron chi connectivity index (χ2n) is 4.33. The summed E-state index contributed by atoms with van der Waals surface area (Å²) in [5.74, 6) is 0. The van der Waals surface area contributed by atoms with Gasteiger partial charge in [-0.3, -0.25) is 0 Å². The van der Waals surface area contributed by atoms with Gasteiger partial charge >= 0.3 is 0 Å². The van der Waals surface area contributed by atoms with E-state index < -0.39 is 21.9 Å². The maximum absolute atomic E-state index is 11.5. The molecule has 0 spiro atoms. The minimum absolute atomic E-state index is 0.200. The maximum Gasteiger partial charge on any atom is 0.280 e. The SMILES string of the molecule is CC(C)(C)NS(=O)(=O)N1CC(O)C1. The summed E-state index contributed by atoms with van der Waals surface area (Å²) >= 11 is 0. The molecule has 0 unspecified atom stereocenters. The number of nitrogens with zero attached hydrogens (tertiary/aromatic N) is 1. The summed E-state index contributed by atoms with van der Waals surface area (Å²) in [4.78, 5) is 0. The van der Waals surface area contributed by atoms with E-state index in [-0.39, 0.29) is 13.1 Å². The molecule has 0 aromatic carbocycles. The summed E-state index contributed by atoms with van der Waals surface area (Å²) in [6.07, 6.45) is -0.503. The molecule has 1 heterocycles. The van der Waals surface area contributed by atoms with Gasteiger partial charge < -0.3 is 5.11 Å². The summed E-state index contributed by atoms with van der Waals surface area (Å²) in [6, 6.07) is 0. The Kier molecular flexibility index (Phi) is 2.68. The zero-order valence-electron chi connectivity index (χ0n) is 8.11. The van der Waals surface area contributed by atoms with Crippen LogP contribution in [0.4, 0.5) is 0 Å². The molecule has 0 aromatic rings. The molecule has 0 saturated carbocycles. The molecule has 5 nitrogen and oxygen atoms in total. The van der Waals surface area contributed by atoms with Gasteiger partial charge in [0.2, 0.25) is 0 Å². The predicted octanol–water partition coefficient (Wildman–Crippen LogP) is -0.704. The third-order valence-corrected chi connectivity index (χ3v) is 3.45. The molecule has 0 aromatic heterocycles. The molecule has 13 heavy (non-hydrogen) atoms. The molecule has 78 valence electrons. The molecule has 1 rings (SSSR count). The number of β-amino-alcohol motifs (C(OH)–C–C–N with tert-alkyl or cyclic N) is 1. The molecule has 0 aliphatic carbocycles. The summed E-state index contributed by atoms with van der Waals surface area (Å²) in [7, 11) is -3.39. The van der Waals surface area contributed by atoms with Crippen LogP contribution < -0.4 is 4.72 Å². The predicted molar refractivity (Wildman–Crippen MR) is 49.4 cm³/mol. The Morgan fingerprint density at radius 3 is 2.15 bits per heavy atom. The maximum atomic E-state index is 11.5. The highest BCUT2D eigenvalue weighted by atomic mass is 32.2. The lowest BCUT2D eigenvalue weighted by molar-refractivity contribution is 0.0533. The first-order valence-corrected chi connectivity index (χ1v) is 5.62. The van der Waals surface area contributed by atoms with Crippen LogP contribution in [-0.4, -0.2) is 42.6 Å². The Morgan fingerprint density at radius 2 is 1.85 bits per heavy atom. The highest BCUT2D eigenvalue weighted by Gasteiger charge is 2.36. The fraction of sp³-hybridized carbons (Fsp3) is 1.00. The number of hydrogen-bond donors (Lipinski definition) is 2. The van der Waals surface area contributed by atoms with Gasteiger partial charge in [-0.05, 0) is 20.8 Å². The number of aliphatic hydroxyl groups is 1. The molecule has 0 atom stereocenters. The zero-order valence-corrected chi connectivity index (χ0v) is 8.93. The molecule has 0 radical (unpaired) electrons. The van der Waals surface area contributed by atoms with Gasteiger partial charge in [0.25, 0.3) is 10.2 Å². The van der Waals surface area contributed by atoms with E-state index in [2.05, 4.69) is 4.72 Å². The van der Waals surface area contributed by atoms with Gasteiger partial charge in [0.1, 0.15) is 0 Å². The quantitative estimate of drug-likeness (QED) is 0.630. The van der Waals surface area contributed by atoms with Crippen molar-refractivity contribution in [2.24, 2.45) is 0 Å². The largest absolute Gasteiger partial charge is 0.390 e. The lowest BCUT2D eigenvalue weighted by Gasteiger charge is -2.36. The van der Waals surface area contributed by atoms with Crippen molar-refractivity contribution in [2.75, 3.05) is 13.1 Å². The van der Waals surface area contributed by atoms with Gasteiger partial charge in [0.15, 0.2) is 0 Å². The van der Waals surface area contributed by atoms with E-state index in [0.717, 1.165) is 0 Å². The van der Waals surface area contributed by atoms with Crippen LogP contribution in [0.2, 0.25) is 0 Å². The summed E-state index contributed by atoms with van der Waals surface area (Å²) in [5, 5.41) is 8.95. The van der Waals surface area contributed by atoms with Gasteiger partial charge in [-0.1, -0.05) is 0 Å². The number of aliphatic hydroxyl groups excluding tert-OH is 1. The van der Waals surface area contributed by atoms with E-state index in [4.69, 9.17) is 5.11 Å². The lowest BCUT2D eigenvalue weighted by Crippen LogP contribution is -2.59. The van der Waals surface area contributed by atoms with Crippen molar-refractivity contribution in [1.82, 2.24) is 9.03 Å². The van der Waals surface area contributed by atoms with Crippen LogP contribution in [0.3, 0.4) is 0 Å². The summed E-state index contributed by atoms with van der Waals surface area (Å²) in [5.41, 5.74) is -0.473. The topological polar surface area (TPSA) is 69.6 Å². The van der Waals surface area contributed by atoms with Crippen molar-refractivity contribution in [3.63, 3.8) is 0 Å². The van der Waals surface area contributed by atoms with Gasteiger partial charge in [-0.25, -0.2) is 0 Å². The van der Waals surface area contributed by atoms with Gasteiger partial charge in [0.05, 0.1) is 6.10 Å². The van der Waals surface area contributed by atoms with E-state index >= 15 is 0 Å². The Balaban J connectivity index is 2.58. The van der Waals surface area contributed by atoms with Crippen LogP contribution in [-0.2, 0) is 10.2 Å². The van der Waals surface area contributed by atoms with Crippen molar-refractivity contribution in [3.8, 4) is 0 Å². The van der Waals surface area contributed by atoms with Gasteiger partial charge in [-0.2, -0.15) is 17.4 Å². The molecule has 1 aliphatic rings. The first-order valence-electron chi connectivity index (χ1n) is 4.18.